The second-order valence-corrected chi connectivity index (χ2v) is 9.89. The van der Waals surface area contributed by atoms with Crippen molar-refractivity contribution in [3.63, 3.8) is 0 Å². The molecule has 0 N–H and O–H groups in total. The van der Waals surface area contributed by atoms with Gasteiger partial charge in [-0.05, 0) is 31.5 Å². The van der Waals surface area contributed by atoms with Crippen molar-refractivity contribution in [1.29, 1.82) is 0 Å². The largest absolute Gasteiger partial charge is 0.401 e. The molecule has 0 bridgehead atoms. The molecule has 82 valence electrons. The van der Waals surface area contributed by atoms with E-state index in [-0.39, 0.29) is 5.60 Å². The predicted molar refractivity (Wildman–Crippen MR) is 65.7 cm³/mol. The molecule has 0 atom stereocenters. The third kappa shape index (κ3) is 3.15. The molecule has 0 aliphatic carbocycles. The van der Waals surface area contributed by atoms with Gasteiger partial charge < -0.3 is 4.43 Å². The van der Waals surface area contributed by atoms with Gasteiger partial charge >= 0.3 is 0 Å². The minimum Gasteiger partial charge on any atom is -0.401 e. The highest BCUT2D eigenvalue weighted by atomic mass is 28.4. The quantitative estimate of drug-likeness (QED) is 0.512. The van der Waals surface area contributed by atoms with Gasteiger partial charge in [-0.2, -0.15) is 0 Å². The first-order chi connectivity index (χ1) is 6.15. The summed E-state index contributed by atoms with van der Waals surface area (Å²) < 4.78 is 6.20. The maximum atomic E-state index is 6.20. The van der Waals surface area contributed by atoms with E-state index in [0.29, 0.717) is 11.8 Å². The SMILES string of the molecule is C#CC(O[Si](C)(C)C)(C(C)C)C(C)C. The van der Waals surface area contributed by atoms with Crippen LogP contribution in [-0.2, 0) is 4.43 Å². The smallest absolute Gasteiger partial charge is 0.185 e. The normalized spacial score (nSPS) is 13.4. The zero-order valence-corrected chi connectivity index (χ0v) is 11.6. The van der Waals surface area contributed by atoms with E-state index in [4.69, 9.17) is 10.8 Å². The summed E-state index contributed by atoms with van der Waals surface area (Å²) in [5, 5.41) is 0. The van der Waals surface area contributed by atoms with Crippen LogP contribution in [0.15, 0.2) is 0 Å². The number of rotatable bonds is 4. The predicted octanol–water partition coefficient (Wildman–Crippen LogP) is 3.52. The number of terminal acetylenes is 1. The van der Waals surface area contributed by atoms with Gasteiger partial charge in [-0.3, -0.25) is 0 Å². The monoisotopic (exact) mass is 212 g/mol. The van der Waals surface area contributed by atoms with Crippen molar-refractivity contribution in [1.82, 2.24) is 0 Å². The molecular weight excluding hydrogens is 188 g/mol. The molecule has 0 rings (SSSR count). The maximum Gasteiger partial charge on any atom is 0.185 e. The highest BCUT2D eigenvalue weighted by Gasteiger charge is 2.40. The van der Waals surface area contributed by atoms with Crippen molar-refractivity contribution < 1.29 is 4.43 Å². The third-order valence-electron chi connectivity index (χ3n) is 2.42. The van der Waals surface area contributed by atoms with Gasteiger partial charge in [0.15, 0.2) is 8.32 Å². The Morgan fingerprint density at radius 2 is 1.43 bits per heavy atom. The van der Waals surface area contributed by atoms with Crippen LogP contribution in [0.3, 0.4) is 0 Å². The molecule has 0 saturated heterocycles. The Morgan fingerprint density at radius 3 is 1.50 bits per heavy atom. The van der Waals surface area contributed by atoms with E-state index in [1.54, 1.807) is 0 Å². The molecule has 0 fully saturated rings. The molecule has 0 spiro atoms. The summed E-state index contributed by atoms with van der Waals surface area (Å²) in [6, 6.07) is 0. The summed E-state index contributed by atoms with van der Waals surface area (Å²) in [4.78, 5) is 0. The molecule has 0 unspecified atom stereocenters. The molecule has 2 heteroatoms. The summed E-state index contributed by atoms with van der Waals surface area (Å²) in [5.41, 5.74) is -0.384. The zero-order chi connectivity index (χ0) is 11.6. The van der Waals surface area contributed by atoms with E-state index in [2.05, 4.69) is 53.3 Å². The summed E-state index contributed by atoms with van der Waals surface area (Å²) in [6.45, 7) is 15.1. The Hall–Kier alpha value is -0.263. The van der Waals surface area contributed by atoms with Crippen molar-refractivity contribution in [2.24, 2.45) is 11.8 Å². The van der Waals surface area contributed by atoms with Crippen LogP contribution in [-0.4, -0.2) is 13.9 Å². The van der Waals surface area contributed by atoms with Crippen molar-refractivity contribution >= 4 is 8.32 Å². The molecular formula is C12H24OSi. The second kappa shape index (κ2) is 4.50. The molecule has 0 aromatic carbocycles. The molecule has 1 nitrogen and oxygen atoms in total. The highest BCUT2D eigenvalue weighted by Crippen LogP contribution is 2.32. The lowest BCUT2D eigenvalue weighted by atomic mass is 9.81. The molecule has 0 aliphatic heterocycles. The Labute approximate surface area is 90.4 Å². The maximum absolute atomic E-state index is 6.20. The van der Waals surface area contributed by atoms with Crippen LogP contribution in [0.2, 0.25) is 19.6 Å². The van der Waals surface area contributed by atoms with Crippen molar-refractivity contribution in [2.75, 3.05) is 0 Å². The van der Waals surface area contributed by atoms with Crippen LogP contribution in [0.5, 0.6) is 0 Å². The molecule has 0 saturated carbocycles. The van der Waals surface area contributed by atoms with Crippen LogP contribution in [0.25, 0.3) is 0 Å². The van der Waals surface area contributed by atoms with Gasteiger partial charge in [-0.25, -0.2) is 0 Å². The van der Waals surface area contributed by atoms with Gasteiger partial charge in [0.05, 0.1) is 0 Å². The Bertz CT molecular complexity index is 209. The number of hydrogen-bond acceptors (Lipinski definition) is 1. The summed E-state index contributed by atoms with van der Waals surface area (Å²) in [7, 11) is -1.58. The highest BCUT2D eigenvalue weighted by molar-refractivity contribution is 6.69. The second-order valence-electron chi connectivity index (χ2n) is 5.46. The molecule has 0 amide bonds. The Balaban J connectivity index is 5.00. The van der Waals surface area contributed by atoms with Crippen molar-refractivity contribution in [3.8, 4) is 12.3 Å². The topological polar surface area (TPSA) is 9.23 Å². The van der Waals surface area contributed by atoms with Crippen LogP contribution in [0.4, 0.5) is 0 Å². The Morgan fingerprint density at radius 1 is 1.07 bits per heavy atom. The van der Waals surface area contributed by atoms with Crippen molar-refractivity contribution in [3.05, 3.63) is 0 Å². The van der Waals surface area contributed by atoms with E-state index in [1.165, 1.54) is 0 Å². The number of hydrogen-bond donors (Lipinski definition) is 0. The minimum atomic E-state index is -1.58. The average molecular weight is 212 g/mol. The zero-order valence-electron chi connectivity index (χ0n) is 10.6. The first-order valence-electron chi connectivity index (χ1n) is 5.33. The first-order valence-corrected chi connectivity index (χ1v) is 8.74. The lowest BCUT2D eigenvalue weighted by molar-refractivity contribution is 0.0277. The third-order valence-corrected chi connectivity index (χ3v) is 3.37. The van der Waals surface area contributed by atoms with Gasteiger partial charge in [0.1, 0.15) is 5.60 Å². The molecule has 0 aliphatic rings. The van der Waals surface area contributed by atoms with Crippen molar-refractivity contribution in [2.45, 2.75) is 52.9 Å². The summed E-state index contributed by atoms with van der Waals surface area (Å²) in [6.07, 6.45) is 5.66. The fraction of sp³-hybridized carbons (Fsp3) is 0.833. The first kappa shape index (κ1) is 13.7. The average Bonchev–Trinajstić information content (AvgIpc) is 1.97. The molecule has 0 heterocycles. The van der Waals surface area contributed by atoms with Gasteiger partial charge in [-0.1, -0.05) is 33.6 Å². The molecule has 0 radical (unpaired) electrons. The van der Waals surface area contributed by atoms with E-state index in [9.17, 15) is 0 Å². The summed E-state index contributed by atoms with van der Waals surface area (Å²) in [5.74, 6) is 3.60. The van der Waals surface area contributed by atoms with Gasteiger partial charge in [0.25, 0.3) is 0 Å². The van der Waals surface area contributed by atoms with Gasteiger partial charge in [-0.15, -0.1) is 6.42 Å². The fourth-order valence-corrected chi connectivity index (χ4v) is 3.32. The van der Waals surface area contributed by atoms with E-state index < -0.39 is 8.32 Å². The molecule has 14 heavy (non-hydrogen) atoms. The lowest BCUT2D eigenvalue weighted by Gasteiger charge is -2.41. The van der Waals surface area contributed by atoms with Gasteiger partial charge in [0.2, 0.25) is 0 Å². The fourth-order valence-electron chi connectivity index (χ4n) is 1.77. The lowest BCUT2D eigenvalue weighted by Crippen LogP contribution is -2.49. The van der Waals surface area contributed by atoms with Crippen LogP contribution >= 0.6 is 0 Å². The standard InChI is InChI=1S/C12H24OSi/c1-9-12(10(2)3,11(4)5)13-14(6,7)8/h1,10-11H,2-8H3. The van der Waals surface area contributed by atoms with E-state index in [1.807, 2.05) is 0 Å². The molecule has 0 aromatic rings. The van der Waals surface area contributed by atoms with E-state index in [0.717, 1.165) is 0 Å². The van der Waals surface area contributed by atoms with Gasteiger partial charge in [0, 0.05) is 0 Å². The van der Waals surface area contributed by atoms with E-state index >= 15 is 0 Å². The Kier molecular flexibility index (Phi) is 4.42. The van der Waals surface area contributed by atoms with Crippen LogP contribution < -0.4 is 0 Å². The minimum absolute atomic E-state index is 0.360. The van der Waals surface area contributed by atoms with Crippen LogP contribution in [0.1, 0.15) is 27.7 Å². The summed E-state index contributed by atoms with van der Waals surface area (Å²) >= 11 is 0. The van der Waals surface area contributed by atoms with Crippen LogP contribution in [0, 0.1) is 24.2 Å². The molecule has 0 aromatic heterocycles.